The van der Waals surface area contributed by atoms with Crippen LogP contribution in [0.3, 0.4) is 0 Å². The second-order valence-corrected chi connectivity index (χ2v) is 5.65. The van der Waals surface area contributed by atoms with Gasteiger partial charge in [0.15, 0.2) is 0 Å². The minimum Gasteiger partial charge on any atom is -0.381 e. The van der Waals surface area contributed by atoms with Crippen LogP contribution in [0.4, 0.5) is 0 Å². The predicted molar refractivity (Wildman–Crippen MR) is 66.5 cm³/mol. The molecular weight excluding hydrogens is 216 g/mol. The van der Waals surface area contributed by atoms with Gasteiger partial charge in [-0.05, 0) is 32.1 Å². The van der Waals surface area contributed by atoms with Crippen LogP contribution in [-0.2, 0) is 9.53 Å². The number of hydrogen-bond donors (Lipinski definition) is 1. The maximum absolute atomic E-state index is 12.2. The van der Waals surface area contributed by atoms with Crippen molar-refractivity contribution in [2.45, 2.75) is 64.4 Å². The number of nitrogens with zero attached hydrogens (tertiary/aromatic N) is 1. The summed E-state index contributed by atoms with van der Waals surface area (Å²) in [5.74, 6) is 0.705. The first kappa shape index (κ1) is 12.8. The lowest BCUT2D eigenvalue weighted by atomic mass is 10.1. The maximum Gasteiger partial charge on any atom is 0.240 e. The molecule has 0 aromatic rings. The van der Waals surface area contributed by atoms with E-state index in [0.717, 1.165) is 19.3 Å². The first-order valence-electron chi connectivity index (χ1n) is 6.65. The van der Waals surface area contributed by atoms with E-state index in [1.807, 2.05) is 6.92 Å². The highest BCUT2D eigenvalue weighted by Gasteiger charge is 2.43. The Morgan fingerprint density at radius 1 is 1.41 bits per heavy atom. The van der Waals surface area contributed by atoms with Gasteiger partial charge in [0, 0.05) is 13.2 Å². The molecule has 0 radical (unpaired) electrons. The van der Waals surface area contributed by atoms with E-state index in [9.17, 15) is 4.79 Å². The monoisotopic (exact) mass is 240 g/mol. The lowest BCUT2D eigenvalue weighted by Crippen LogP contribution is -2.46. The zero-order chi connectivity index (χ0) is 12.6. The molecule has 2 aliphatic rings. The fourth-order valence-electron chi connectivity index (χ4n) is 3.07. The van der Waals surface area contributed by atoms with Gasteiger partial charge >= 0.3 is 0 Å². The summed E-state index contributed by atoms with van der Waals surface area (Å²) in [4.78, 5) is 14.3. The SMILES string of the molecule is COC1CCC(N2C(=O)C(C)NC2C(C)C)C1. The normalized spacial score (nSPS) is 38.4. The Balaban J connectivity index is 2.09. The van der Waals surface area contributed by atoms with E-state index in [1.54, 1.807) is 7.11 Å². The van der Waals surface area contributed by atoms with Gasteiger partial charge in [-0.3, -0.25) is 10.1 Å². The molecule has 0 aromatic heterocycles. The molecule has 4 heteroatoms. The summed E-state index contributed by atoms with van der Waals surface area (Å²) in [5.41, 5.74) is 0. The minimum absolute atomic E-state index is 0.0380. The van der Waals surface area contributed by atoms with Crippen molar-refractivity contribution in [3.05, 3.63) is 0 Å². The fourth-order valence-corrected chi connectivity index (χ4v) is 3.07. The highest BCUT2D eigenvalue weighted by molar-refractivity contribution is 5.84. The van der Waals surface area contributed by atoms with E-state index in [4.69, 9.17) is 4.74 Å². The molecular formula is C13H24N2O2. The van der Waals surface area contributed by atoms with Crippen LogP contribution in [0.1, 0.15) is 40.0 Å². The topological polar surface area (TPSA) is 41.6 Å². The van der Waals surface area contributed by atoms with E-state index in [-0.39, 0.29) is 18.1 Å². The molecule has 4 unspecified atom stereocenters. The third-order valence-corrected chi connectivity index (χ3v) is 4.06. The van der Waals surface area contributed by atoms with Crippen LogP contribution in [-0.4, -0.2) is 42.3 Å². The molecule has 0 aromatic carbocycles. The van der Waals surface area contributed by atoms with Gasteiger partial charge in [0.2, 0.25) is 5.91 Å². The summed E-state index contributed by atoms with van der Waals surface area (Å²) in [6, 6.07) is 0.321. The molecule has 1 aliphatic heterocycles. The Bertz CT molecular complexity index is 293. The summed E-state index contributed by atoms with van der Waals surface area (Å²) in [6.07, 6.45) is 3.65. The van der Waals surface area contributed by atoms with Gasteiger partial charge in [-0.1, -0.05) is 13.8 Å². The molecule has 17 heavy (non-hydrogen) atoms. The van der Waals surface area contributed by atoms with Gasteiger partial charge in [-0.15, -0.1) is 0 Å². The zero-order valence-corrected chi connectivity index (χ0v) is 11.3. The molecule has 1 amide bonds. The average Bonchev–Trinajstić information content (AvgIpc) is 2.85. The van der Waals surface area contributed by atoms with Crippen molar-refractivity contribution in [2.24, 2.45) is 5.92 Å². The third kappa shape index (κ3) is 2.33. The van der Waals surface area contributed by atoms with Gasteiger partial charge in [-0.2, -0.15) is 0 Å². The van der Waals surface area contributed by atoms with E-state index >= 15 is 0 Å². The molecule has 2 fully saturated rings. The second kappa shape index (κ2) is 4.94. The van der Waals surface area contributed by atoms with Crippen LogP contribution < -0.4 is 5.32 Å². The lowest BCUT2D eigenvalue weighted by molar-refractivity contribution is -0.132. The first-order valence-corrected chi connectivity index (χ1v) is 6.65. The van der Waals surface area contributed by atoms with Crippen LogP contribution in [0.2, 0.25) is 0 Å². The number of amides is 1. The summed E-state index contributed by atoms with van der Waals surface area (Å²) in [7, 11) is 1.76. The highest BCUT2D eigenvalue weighted by atomic mass is 16.5. The standard InChI is InChI=1S/C13H24N2O2/c1-8(2)12-14-9(3)13(16)15(12)10-5-6-11(7-10)17-4/h8-12,14H,5-7H2,1-4H3. The van der Waals surface area contributed by atoms with Crippen LogP contribution in [0.15, 0.2) is 0 Å². The molecule has 1 N–H and O–H groups in total. The summed E-state index contributed by atoms with van der Waals surface area (Å²) < 4.78 is 5.40. The predicted octanol–water partition coefficient (Wildman–Crippen LogP) is 1.36. The first-order chi connectivity index (χ1) is 8.04. The van der Waals surface area contributed by atoms with Crippen molar-refractivity contribution in [1.29, 1.82) is 0 Å². The maximum atomic E-state index is 12.2. The minimum atomic E-state index is -0.0380. The van der Waals surface area contributed by atoms with Gasteiger partial charge in [0.25, 0.3) is 0 Å². The van der Waals surface area contributed by atoms with E-state index in [1.165, 1.54) is 0 Å². The fraction of sp³-hybridized carbons (Fsp3) is 0.923. The van der Waals surface area contributed by atoms with Crippen LogP contribution in [0.25, 0.3) is 0 Å². The summed E-state index contributed by atoms with van der Waals surface area (Å²) >= 11 is 0. The smallest absolute Gasteiger partial charge is 0.240 e. The Kier molecular flexibility index (Phi) is 3.73. The van der Waals surface area contributed by atoms with E-state index in [2.05, 4.69) is 24.1 Å². The Morgan fingerprint density at radius 2 is 2.12 bits per heavy atom. The van der Waals surface area contributed by atoms with Gasteiger partial charge in [0.05, 0.1) is 18.3 Å². The quantitative estimate of drug-likeness (QED) is 0.810. The van der Waals surface area contributed by atoms with E-state index in [0.29, 0.717) is 18.1 Å². The number of carbonyl (C=O) groups is 1. The number of hydrogen-bond acceptors (Lipinski definition) is 3. The van der Waals surface area contributed by atoms with Crippen molar-refractivity contribution >= 4 is 5.91 Å². The molecule has 0 spiro atoms. The van der Waals surface area contributed by atoms with Crippen molar-refractivity contribution in [3.8, 4) is 0 Å². The largest absolute Gasteiger partial charge is 0.381 e. The lowest BCUT2D eigenvalue weighted by Gasteiger charge is -2.32. The van der Waals surface area contributed by atoms with Gasteiger partial charge in [0.1, 0.15) is 0 Å². The van der Waals surface area contributed by atoms with E-state index < -0.39 is 0 Å². The van der Waals surface area contributed by atoms with Crippen LogP contribution >= 0.6 is 0 Å². The molecule has 1 saturated carbocycles. The van der Waals surface area contributed by atoms with Crippen LogP contribution in [0, 0.1) is 5.92 Å². The molecule has 1 aliphatic carbocycles. The molecule has 0 bridgehead atoms. The molecule has 4 nitrogen and oxygen atoms in total. The number of carbonyl (C=O) groups excluding carboxylic acids is 1. The summed E-state index contributed by atoms with van der Waals surface area (Å²) in [5, 5.41) is 3.40. The van der Waals surface area contributed by atoms with Gasteiger partial charge < -0.3 is 9.64 Å². The number of methoxy groups -OCH3 is 1. The van der Waals surface area contributed by atoms with Crippen molar-refractivity contribution < 1.29 is 9.53 Å². The Labute approximate surface area is 104 Å². The second-order valence-electron chi connectivity index (χ2n) is 5.65. The van der Waals surface area contributed by atoms with Crippen LogP contribution in [0.5, 0.6) is 0 Å². The number of nitrogens with one attached hydrogen (secondary N) is 1. The molecule has 98 valence electrons. The molecule has 1 saturated heterocycles. The number of rotatable bonds is 3. The highest BCUT2D eigenvalue weighted by Crippen LogP contribution is 2.31. The zero-order valence-electron chi connectivity index (χ0n) is 11.3. The van der Waals surface area contributed by atoms with Crippen molar-refractivity contribution in [2.75, 3.05) is 7.11 Å². The molecule has 4 atom stereocenters. The van der Waals surface area contributed by atoms with Crippen molar-refractivity contribution in [1.82, 2.24) is 10.2 Å². The van der Waals surface area contributed by atoms with Gasteiger partial charge in [-0.25, -0.2) is 0 Å². The average molecular weight is 240 g/mol. The molecule has 2 rings (SSSR count). The summed E-state index contributed by atoms with van der Waals surface area (Å²) in [6.45, 7) is 6.29. The Hall–Kier alpha value is -0.610. The number of ether oxygens (including phenoxy) is 1. The Morgan fingerprint density at radius 3 is 2.65 bits per heavy atom. The molecule has 1 heterocycles. The third-order valence-electron chi connectivity index (χ3n) is 4.06. The van der Waals surface area contributed by atoms with Crippen molar-refractivity contribution in [3.63, 3.8) is 0 Å².